The number of amides is 2. The van der Waals surface area contributed by atoms with Gasteiger partial charge in [0.05, 0.1) is 10.6 Å². The van der Waals surface area contributed by atoms with Crippen molar-refractivity contribution in [3.05, 3.63) is 76.8 Å². The predicted octanol–water partition coefficient (Wildman–Crippen LogP) is 3.32. The van der Waals surface area contributed by atoms with Crippen LogP contribution in [0.5, 0.6) is 0 Å². The Hall–Kier alpha value is -2.63. The summed E-state index contributed by atoms with van der Waals surface area (Å²) in [4.78, 5) is 28.8. The third-order valence-electron chi connectivity index (χ3n) is 4.94. The number of carbonyl (C=O) groups excluding carboxylic acids is 2. The minimum absolute atomic E-state index is 0.0731. The van der Waals surface area contributed by atoms with E-state index >= 15 is 0 Å². The van der Waals surface area contributed by atoms with Crippen molar-refractivity contribution < 1.29 is 9.59 Å². The van der Waals surface area contributed by atoms with Gasteiger partial charge in [-0.2, -0.15) is 0 Å². The number of nitrogens with zero attached hydrogens (tertiary/aromatic N) is 2. The van der Waals surface area contributed by atoms with Gasteiger partial charge in [-0.05, 0) is 17.7 Å². The number of halogens is 1. The average molecular weight is 412 g/mol. The molecule has 1 fully saturated rings. The molecule has 2 aromatic carbocycles. The Balaban J connectivity index is 1.35. The van der Waals surface area contributed by atoms with E-state index in [4.69, 9.17) is 11.6 Å². The molecule has 1 aliphatic rings. The van der Waals surface area contributed by atoms with Crippen LogP contribution < -0.4 is 5.32 Å². The lowest BCUT2D eigenvalue weighted by molar-refractivity contribution is -0.132. The van der Waals surface area contributed by atoms with Crippen molar-refractivity contribution >= 4 is 29.5 Å². The molecule has 0 aromatic heterocycles. The normalized spacial score (nSPS) is 14.9. The molecule has 0 radical (unpaired) electrons. The van der Waals surface area contributed by atoms with E-state index in [1.54, 1.807) is 24.3 Å². The van der Waals surface area contributed by atoms with Crippen molar-refractivity contribution in [3.8, 4) is 0 Å². The second-order valence-corrected chi connectivity index (χ2v) is 7.39. The zero-order valence-corrected chi connectivity index (χ0v) is 17.1. The molecule has 0 unspecified atom stereocenters. The van der Waals surface area contributed by atoms with E-state index in [2.05, 4.69) is 34.5 Å². The number of piperazine rings is 1. The zero-order chi connectivity index (χ0) is 20.5. The number of nitrogens with one attached hydrogen (secondary N) is 1. The van der Waals surface area contributed by atoms with Gasteiger partial charge in [0.2, 0.25) is 5.91 Å². The highest BCUT2D eigenvalue weighted by Gasteiger charge is 2.20. The lowest BCUT2D eigenvalue weighted by Crippen LogP contribution is -2.49. The fraction of sp³-hybridized carbons (Fsp3) is 0.304. The molecule has 0 saturated carbocycles. The summed E-state index contributed by atoms with van der Waals surface area (Å²) in [7, 11) is 0. The van der Waals surface area contributed by atoms with Gasteiger partial charge in [0, 0.05) is 45.7 Å². The van der Waals surface area contributed by atoms with Crippen LogP contribution in [-0.4, -0.2) is 60.9 Å². The molecule has 2 amide bonds. The molecule has 0 aliphatic carbocycles. The first kappa shape index (κ1) is 21.1. The number of hydrogen-bond acceptors (Lipinski definition) is 3. The number of carbonyl (C=O) groups is 2. The van der Waals surface area contributed by atoms with Crippen LogP contribution in [0.1, 0.15) is 22.3 Å². The maximum Gasteiger partial charge on any atom is 0.252 e. The molecule has 1 heterocycles. The van der Waals surface area contributed by atoms with E-state index in [9.17, 15) is 9.59 Å². The summed E-state index contributed by atoms with van der Waals surface area (Å²) in [5.74, 6) is -0.178. The highest BCUT2D eigenvalue weighted by molar-refractivity contribution is 6.33. The Morgan fingerprint density at radius 3 is 2.38 bits per heavy atom. The Morgan fingerprint density at radius 2 is 1.66 bits per heavy atom. The summed E-state index contributed by atoms with van der Waals surface area (Å²) in [6, 6.07) is 17.1. The van der Waals surface area contributed by atoms with E-state index in [-0.39, 0.29) is 11.8 Å². The van der Waals surface area contributed by atoms with Crippen LogP contribution in [-0.2, 0) is 4.79 Å². The fourth-order valence-corrected chi connectivity index (χ4v) is 3.49. The molecule has 5 nitrogen and oxygen atoms in total. The molecule has 152 valence electrons. The van der Waals surface area contributed by atoms with E-state index in [0.717, 1.165) is 32.7 Å². The number of rotatable bonds is 7. The second-order valence-electron chi connectivity index (χ2n) is 6.98. The van der Waals surface area contributed by atoms with Crippen molar-refractivity contribution in [3.63, 3.8) is 0 Å². The minimum atomic E-state index is -0.251. The maximum atomic E-state index is 12.4. The first-order valence-electron chi connectivity index (χ1n) is 9.88. The van der Waals surface area contributed by atoms with Crippen LogP contribution in [0.15, 0.2) is 60.7 Å². The van der Waals surface area contributed by atoms with Gasteiger partial charge in [0.15, 0.2) is 0 Å². The molecule has 1 saturated heterocycles. The Morgan fingerprint density at radius 1 is 0.966 bits per heavy atom. The summed E-state index contributed by atoms with van der Waals surface area (Å²) < 4.78 is 0. The minimum Gasteiger partial charge on any atom is -0.351 e. The van der Waals surface area contributed by atoms with Crippen LogP contribution in [0.25, 0.3) is 6.08 Å². The van der Waals surface area contributed by atoms with Gasteiger partial charge in [-0.3, -0.25) is 14.5 Å². The van der Waals surface area contributed by atoms with Gasteiger partial charge in [-0.1, -0.05) is 66.2 Å². The Kier molecular flexibility index (Phi) is 7.85. The standard InChI is InChI=1S/C23H26ClN3O2/c24-21-11-5-4-10-20(21)23(29)25-13-12-22(28)27-17-15-26(16-18-27)14-6-9-19-7-2-1-3-8-19/h1-11H,12-18H2,(H,25,29). The summed E-state index contributed by atoms with van der Waals surface area (Å²) in [5.41, 5.74) is 1.62. The highest BCUT2D eigenvalue weighted by Crippen LogP contribution is 2.14. The number of hydrogen-bond donors (Lipinski definition) is 1. The van der Waals surface area contributed by atoms with Crippen molar-refractivity contribution in [1.82, 2.24) is 15.1 Å². The molecule has 1 aliphatic heterocycles. The van der Waals surface area contributed by atoms with Gasteiger partial charge in [0.1, 0.15) is 0 Å². The topological polar surface area (TPSA) is 52.7 Å². The van der Waals surface area contributed by atoms with Crippen LogP contribution >= 0.6 is 11.6 Å². The van der Waals surface area contributed by atoms with Crippen LogP contribution in [0.2, 0.25) is 5.02 Å². The van der Waals surface area contributed by atoms with Crippen molar-refractivity contribution in [2.24, 2.45) is 0 Å². The van der Waals surface area contributed by atoms with Gasteiger partial charge >= 0.3 is 0 Å². The average Bonchev–Trinajstić information content (AvgIpc) is 2.75. The number of benzene rings is 2. The molecule has 3 rings (SSSR count). The second kappa shape index (κ2) is 10.8. The van der Waals surface area contributed by atoms with E-state index in [0.29, 0.717) is 23.6 Å². The zero-order valence-electron chi connectivity index (χ0n) is 16.4. The summed E-state index contributed by atoms with van der Waals surface area (Å²) in [6.45, 7) is 4.34. The smallest absolute Gasteiger partial charge is 0.252 e. The summed E-state index contributed by atoms with van der Waals surface area (Å²) in [6.07, 6.45) is 4.58. The monoisotopic (exact) mass is 411 g/mol. The fourth-order valence-electron chi connectivity index (χ4n) is 3.26. The third kappa shape index (κ3) is 6.44. The van der Waals surface area contributed by atoms with E-state index in [1.807, 2.05) is 23.1 Å². The van der Waals surface area contributed by atoms with Crippen LogP contribution in [0.4, 0.5) is 0 Å². The van der Waals surface area contributed by atoms with Crippen molar-refractivity contribution in [1.29, 1.82) is 0 Å². The van der Waals surface area contributed by atoms with Crippen LogP contribution in [0, 0.1) is 0 Å². The molecular formula is C23H26ClN3O2. The Bertz CT molecular complexity index is 846. The largest absolute Gasteiger partial charge is 0.351 e. The molecule has 1 N–H and O–H groups in total. The predicted molar refractivity (Wildman–Crippen MR) is 117 cm³/mol. The SMILES string of the molecule is O=C(NCCC(=O)N1CCN(CC=Cc2ccccc2)CC1)c1ccccc1Cl. The molecule has 0 spiro atoms. The van der Waals surface area contributed by atoms with E-state index in [1.165, 1.54) is 5.56 Å². The maximum absolute atomic E-state index is 12.4. The third-order valence-corrected chi connectivity index (χ3v) is 5.27. The first-order chi connectivity index (χ1) is 14.1. The van der Waals surface area contributed by atoms with Gasteiger partial charge in [-0.25, -0.2) is 0 Å². The molecule has 0 atom stereocenters. The highest BCUT2D eigenvalue weighted by atomic mass is 35.5. The quantitative estimate of drug-likeness (QED) is 0.760. The van der Waals surface area contributed by atoms with Gasteiger partial charge in [0.25, 0.3) is 5.91 Å². The van der Waals surface area contributed by atoms with Gasteiger partial charge in [-0.15, -0.1) is 0 Å². The first-order valence-corrected chi connectivity index (χ1v) is 10.3. The van der Waals surface area contributed by atoms with Crippen LogP contribution in [0.3, 0.4) is 0 Å². The lowest BCUT2D eigenvalue weighted by atomic mass is 10.2. The van der Waals surface area contributed by atoms with Crippen molar-refractivity contribution in [2.45, 2.75) is 6.42 Å². The molecule has 0 bridgehead atoms. The molecule has 6 heteroatoms. The summed E-state index contributed by atoms with van der Waals surface area (Å²) >= 11 is 6.02. The molecule has 2 aromatic rings. The van der Waals surface area contributed by atoms with Gasteiger partial charge < -0.3 is 10.2 Å². The van der Waals surface area contributed by atoms with Crippen molar-refractivity contribution in [2.75, 3.05) is 39.3 Å². The molecular weight excluding hydrogens is 386 g/mol. The summed E-state index contributed by atoms with van der Waals surface area (Å²) in [5, 5.41) is 3.18. The Labute approximate surface area is 177 Å². The van der Waals surface area contributed by atoms with E-state index < -0.39 is 0 Å². The molecule has 29 heavy (non-hydrogen) atoms. The lowest BCUT2D eigenvalue weighted by Gasteiger charge is -2.34.